The lowest BCUT2D eigenvalue weighted by atomic mass is 10.2. The smallest absolute Gasteiger partial charge is 0.222 e. The van der Waals surface area contributed by atoms with Crippen LogP contribution in [0.15, 0.2) is 48.6 Å². The molecule has 0 heterocycles. The van der Waals surface area contributed by atoms with Crippen LogP contribution in [0.4, 0.5) is 0 Å². The van der Waals surface area contributed by atoms with Gasteiger partial charge in [-0.25, -0.2) is 0 Å². The Hall–Kier alpha value is -1.65. The van der Waals surface area contributed by atoms with Crippen LogP contribution < -0.4 is 0 Å². The number of amides is 1. The van der Waals surface area contributed by atoms with Gasteiger partial charge in [0.2, 0.25) is 5.91 Å². The van der Waals surface area contributed by atoms with Crippen LogP contribution in [-0.4, -0.2) is 47.3 Å². The summed E-state index contributed by atoms with van der Waals surface area (Å²) in [5.74, 6) is 0.118. The van der Waals surface area contributed by atoms with Crippen molar-refractivity contribution < 1.29 is 15.0 Å². The van der Waals surface area contributed by atoms with Crippen LogP contribution in [0.2, 0.25) is 0 Å². The summed E-state index contributed by atoms with van der Waals surface area (Å²) >= 11 is 0. The Morgan fingerprint density at radius 3 is 1.60 bits per heavy atom. The highest BCUT2D eigenvalue weighted by molar-refractivity contribution is 5.76. The molecule has 0 saturated heterocycles. The van der Waals surface area contributed by atoms with Crippen LogP contribution >= 0.6 is 0 Å². The fraction of sp³-hybridized carbons (Fsp3) is 0.654. The molecule has 2 N–H and O–H groups in total. The number of carbonyl (C=O) groups excluding carboxylic acids is 1. The molecule has 0 rings (SSSR count). The van der Waals surface area contributed by atoms with E-state index < -0.39 is 0 Å². The van der Waals surface area contributed by atoms with Crippen molar-refractivity contribution >= 4 is 5.91 Å². The average Bonchev–Trinajstić information content (AvgIpc) is 2.75. The first-order chi connectivity index (χ1) is 14.8. The summed E-state index contributed by atoms with van der Waals surface area (Å²) in [6, 6.07) is 0. The zero-order chi connectivity index (χ0) is 22.1. The third-order valence-corrected chi connectivity index (χ3v) is 4.74. The largest absolute Gasteiger partial charge is 0.396 e. The maximum atomic E-state index is 12.2. The van der Waals surface area contributed by atoms with Gasteiger partial charge >= 0.3 is 0 Å². The second kappa shape index (κ2) is 23.6. The van der Waals surface area contributed by atoms with Gasteiger partial charge in [0.1, 0.15) is 0 Å². The van der Waals surface area contributed by atoms with Gasteiger partial charge in [-0.2, -0.15) is 0 Å². The normalized spacial score (nSPS) is 12.2. The SMILES string of the molecule is CCCCC/C=C\C/C=C\C/C=C\C/C=C\CCCC(=O)N(CCCO)CCCO. The Morgan fingerprint density at radius 2 is 1.13 bits per heavy atom. The first-order valence-electron chi connectivity index (χ1n) is 11.9. The average molecular weight is 420 g/mol. The standard InChI is InChI=1S/C26H45NO3/c1-2-3-4-5-6-7-8-9-10-11-12-13-14-15-16-17-18-21-26(30)27(22-19-24-28)23-20-25-29/h6-7,9-10,12-13,15-16,28-29H,2-5,8,11,14,17-25H2,1H3/b7-6-,10-9-,13-12-,16-15-. The highest BCUT2D eigenvalue weighted by Gasteiger charge is 2.11. The number of aliphatic hydroxyl groups is 2. The summed E-state index contributed by atoms with van der Waals surface area (Å²) in [4.78, 5) is 14.0. The lowest BCUT2D eigenvalue weighted by molar-refractivity contribution is -0.131. The highest BCUT2D eigenvalue weighted by atomic mass is 16.3. The Balaban J connectivity index is 3.75. The van der Waals surface area contributed by atoms with Crippen molar-refractivity contribution in [1.82, 2.24) is 4.90 Å². The first-order valence-corrected chi connectivity index (χ1v) is 11.9. The minimum atomic E-state index is 0.0884. The molecule has 1 amide bonds. The van der Waals surface area contributed by atoms with E-state index in [1.54, 1.807) is 4.90 Å². The van der Waals surface area contributed by atoms with E-state index in [-0.39, 0.29) is 19.1 Å². The summed E-state index contributed by atoms with van der Waals surface area (Å²) < 4.78 is 0. The van der Waals surface area contributed by atoms with Crippen LogP contribution in [0.25, 0.3) is 0 Å². The van der Waals surface area contributed by atoms with Crippen LogP contribution in [0.5, 0.6) is 0 Å². The molecular weight excluding hydrogens is 374 g/mol. The van der Waals surface area contributed by atoms with Gasteiger partial charge in [0.15, 0.2) is 0 Å². The van der Waals surface area contributed by atoms with E-state index in [1.807, 2.05) is 0 Å². The van der Waals surface area contributed by atoms with Crippen molar-refractivity contribution in [3.8, 4) is 0 Å². The van der Waals surface area contributed by atoms with Crippen molar-refractivity contribution in [2.75, 3.05) is 26.3 Å². The molecule has 0 aromatic carbocycles. The van der Waals surface area contributed by atoms with Crippen molar-refractivity contribution in [1.29, 1.82) is 0 Å². The predicted molar refractivity (Wildman–Crippen MR) is 128 cm³/mol. The zero-order valence-corrected chi connectivity index (χ0v) is 19.2. The number of unbranched alkanes of at least 4 members (excludes halogenated alkanes) is 4. The molecule has 0 bridgehead atoms. The third kappa shape index (κ3) is 19.7. The molecule has 0 aliphatic carbocycles. The van der Waals surface area contributed by atoms with Crippen molar-refractivity contribution in [2.24, 2.45) is 0 Å². The molecule has 4 nitrogen and oxygen atoms in total. The van der Waals surface area contributed by atoms with Crippen molar-refractivity contribution in [2.45, 2.75) is 84.0 Å². The van der Waals surface area contributed by atoms with E-state index in [0.29, 0.717) is 32.4 Å². The fourth-order valence-corrected chi connectivity index (χ4v) is 2.97. The number of rotatable bonds is 20. The van der Waals surface area contributed by atoms with Gasteiger partial charge in [-0.15, -0.1) is 0 Å². The Kier molecular flexibility index (Phi) is 22.3. The van der Waals surface area contributed by atoms with E-state index in [9.17, 15) is 4.79 Å². The minimum Gasteiger partial charge on any atom is -0.396 e. The molecule has 0 fully saturated rings. The maximum Gasteiger partial charge on any atom is 0.222 e. The van der Waals surface area contributed by atoms with E-state index in [1.165, 1.54) is 25.7 Å². The number of hydrogen-bond donors (Lipinski definition) is 2. The molecule has 0 aromatic rings. The maximum absolute atomic E-state index is 12.2. The predicted octanol–water partition coefficient (Wildman–Crippen LogP) is 5.73. The number of nitrogens with zero attached hydrogens (tertiary/aromatic N) is 1. The van der Waals surface area contributed by atoms with Gasteiger partial charge in [0.05, 0.1) is 0 Å². The van der Waals surface area contributed by atoms with Gasteiger partial charge in [-0.05, 0) is 57.8 Å². The summed E-state index contributed by atoms with van der Waals surface area (Å²) in [5, 5.41) is 17.9. The quantitative estimate of drug-likeness (QED) is 0.196. The molecule has 0 radical (unpaired) electrons. The second-order valence-electron chi connectivity index (χ2n) is 7.52. The van der Waals surface area contributed by atoms with Gasteiger partial charge in [0.25, 0.3) is 0 Å². The van der Waals surface area contributed by atoms with Gasteiger partial charge in [-0.3, -0.25) is 4.79 Å². The van der Waals surface area contributed by atoms with Crippen molar-refractivity contribution in [3.63, 3.8) is 0 Å². The van der Waals surface area contributed by atoms with Gasteiger partial charge in [0, 0.05) is 32.7 Å². The molecule has 4 heteroatoms. The van der Waals surface area contributed by atoms with Crippen LogP contribution in [0.1, 0.15) is 84.0 Å². The molecule has 0 atom stereocenters. The topological polar surface area (TPSA) is 60.8 Å². The highest BCUT2D eigenvalue weighted by Crippen LogP contribution is 2.05. The molecule has 0 aliphatic heterocycles. The summed E-state index contributed by atoms with van der Waals surface area (Å²) in [6.45, 7) is 3.55. The monoisotopic (exact) mass is 419 g/mol. The second-order valence-corrected chi connectivity index (χ2v) is 7.52. The van der Waals surface area contributed by atoms with E-state index in [4.69, 9.17) is 10.2 Å². The lowest BCUT2D eigenvalue weighted by Gasteiger charge is -2.22. The molecule has 0 spiro atoms. The number of carbonyl (C=O) groups is 1. The lowest BCUT2D eigenvalue weighted by Crippen LogP contribution is -2.33. The Bertz CT molecular complexity index is 487. The van der Waals surface area contributed by atoms with Crippen LogP contribution in [0, 0.1) is 0 Å². The van der Waals surface area contributed by atoms with E-state index in [2.05, 4.69) is 55.5 Å². The first kappa shape index (κ1) is 28.4. The van der Waals surface area contributed by atoms with Crippen LogP contribution in [-0.2, 0) is 4.79 Å². The fourth-order valence-electron chi connectivity index (χ4n) is 2.97. The molecule has 0 unspecified atom stereocenters. The van der Waals surface area contributed by atoms with Crippen molar-refractivity contribution in [3.05, 3.63) is 48.6 Å². The summed E-state index contributed by atoms with van der Waals surface area (Å²) in [5.41, 5.74) is 0. The molecule has 172 valence electrons. The molecular formula is C26H45NO3. The number of allylic oxidation sites excluding steroid dienone is 8. The zero-order valence-electron chi connectivity index (χ0n) is 19.2. The summed E-state index contributed by atoms with van der Waals surface area (Å²) in [6.07, 6.45) is 29.1. The van der Waals surface area contributed by atoms with E-state index in [0.717, 1.165) is 32.1 Å². The van der Waals surface area contributed by atoms with Gasteiger partial charge in [-0.1, -0.05) is 68.4 Å². The van der Waals surface area contributed by atoms with Gasteiger partial charge < -0.3 is 15.1 Å². The molecule has 0 aliphatic rings. The third-order valence-electron chi connectivity index (χ3n) is 4.74. The van der Waals surface area contributed by atoms with Crippen LogP contribution in [0.3, 0.4) is 0 Å². The Labute approximate surface area is 185 Å². The molecule has 30 heavy (non-hydrogen) atoms. The number of hydrogen-bond acceptors (Lipinski definition) is 3. The summed E-state index contributed by atoms with van der Waals surface area (Å²) in [7, 11) is 0. The minimum absolute atomic E-state index is 0.0884. The Morgan fingerprint density at radius 1 is 0.667 bits per heavy atom. The molecule has 0 aromatic heterocycles. The number of aliphatic hydroxyl groups excluding tert-OH is 2. The van der Waals surface area contributed by atoms with E-state index >= 15 is 0 Å². The molecule has 0 saturated carbocycles.